The summed E-state index contributed by atoms with van der Waals surface area (Å²) in [5, 5.41) is 4.84. The summed E-state index contributed by atoms with van der Waals surface area (Å²) < 4.78 is 13.4. The van der Waals surface area contributed by atoms with Gasteiger partial charge in [-0.05, 0) is 41.6 Å². The van der Waals surface area contributed by atoms with Gasteiger partial charge in [-0.2, -0.15) is 0 Å². The van der Waals surface area contributed by atoms with Crippen LogP contribution in [-0.4, -0.2) is 23.1 Å². The molecular formula is C26H23ClN2O5S. The number of benzene rings is 2. The first kappa shape index (κ1) is 24.5. The fraction of sp³-hybridized carbons (Fsp3) is 0.192. The van der Waals surface area contributed by atoms with Gasteiger partial charge in [0, 0.05) is 6.92 Å². The topological polar surface area (TPSA) is 86.6 Å². The molecule has 7 nitrogen and oxygen atoms in total. The predicted octanol–water partition coefficient (Wildman–Crippen LogP) is 5.48. The zero-order valence-electron chi connectivity index (χ0n) is 19.2. The van der Waals surface area contributed by atoms with Crippen LogP contribution in [0.1, 0.15) is 35.3 Å². The number of carbonyl (C=O) groups is 2. The maximum Gasteiger partial charge on any atom is 0.343 e. The van der Waals surface area contributed by atoms with Crippen molar-refractivity contribution in [2.45, 2.75) is 27.0 Å². The quantitative estimate of drug-likeness (QED) is 0.317. The summed E-state index contributed by atoms with van der Waals surface area (Å²) in [5.41, 5.74) is 2.37. The molecule has 0 radical (unpaired) electrons. The van der Waals surface area contributed by atoms with Crippen molar-refractivity contribution in [3.63, 3.8) is 0 Å². The van der Waals surface area contributed by atoms with Gasteiger partial charge in [-0.25, -0.2) is 4.79 Å². The molecule has 180 valence electrons. The molecular weight excluding hydrogens is 488 g/mol. The van der Waals surface area contributed by atoms with E-state index < -0.39 is 11.5 Å². The molecule has 4 rings (SSSR count). The monoisotopic (exact) mass is 510 g/mol. The van der Waals surface area contributed by atoms with Crippen LogP contribution in [0.2, 0.25) is 5.02 Å². The van der Waals surface area contributed by atoms with E-state index in [0.29, 0.717) is 20.9 Å². The number of pyridine rings is 1. The van der Waals surface area contributed by atoms with Gasteiger partial charge in [0.1, 0.15) is 12.2 Å². The SMILES string of the molecule is CCOC(=O)c1c(OCc2ccccc2)c(=O)n(Cc2ccc(NC(C)=O)c(Cl)c2)c2ccsc12. The summed E-state index contributed by atoms with van der Waals surface area (Å²) in [6.45, 7) is 3.60. The number of rotatable bonds is 8. The number of hydrogen-bond acceptors (Lipinski definition) is 6. The second kappa shape index (κ2) is 10.8. The maximum atomic E-state index is 13.7. The smallest absolute Gasteiger partial charge is 0.343 e. The van der Waals surface area contributed by atoms with E-state index in [-0.39, 0.29) is 37.0 Å². The van der Waals surface area contributed by atoms with Crippen molar-refractivity contribution in [1.29, 1.82) is 0 Å². The molecule has 2 heterocycles. The third-order valence-electron chi connectivity index (χ3n) is 5.22. The number of nitrogens with one attached hydrogen (secondary N) is 1. The van der Waals surface area contributed by atoms with Gasteiger partial charge in [-0.15, -0.1) is 11.3 Å². The number of ether oxygens (including phenoxy) is 2. The van der Waals surface area contributed by atoms with Gasteiger partial charge in [0.15, 0.2) is 0 Å². The van der Waals surface area contributed by atoms with Gasteiger partial charge in [0.25, 0.3) is 5.56 Å². The minimum Gasteiger partial charge on any atom is -0.482 e. The maximum absolute atomic E-state index is 13.7. The van der Waals surface area contributed by atoms with Crippen LogP contribution in [0.25, 0.3) is 10.2 Å². The second-order valence-electron chi connectivity index (χ2n) is 7.72. The molecule has 0 unspecified atom stereocenters. The third-order valence-corrected chi connectivity index (χ3v) is 6.45. The van der Waals surface area contributed by atoms with Crippen molar-refractivity contribution in [2.24, 2.45) is 0 Å². The van der Waals surface area contributed by atoms with Crippen LogP contribution in [0.4, 0.5) is 5.69 Å². The van der Waals surface area contributed by atoms with Crippen LogP contribution >= 0.6 is 22.9 Å². The molecule has 0 bridgehead atoms. The number of halogens is 1. The number of nitrogens with zero attached hydrogens (tertiary/aromatic N) is 1. The summed E-state index contributed by atoms with van der Waals surface area (Å²) in [6.07, 6.45) is 0. The van der Waals surface area contributed by atoms with E-state index in [1.807, 2.05) is 35.7 Å². The van der Waals surface area contributed by atoms with E-state index in [1.165, 1.54) is 18.3 Å². The third kappa shape index (κ3) is 5.39. The summed E-state index contributed by atoms with van der Waals surface area (Å²) in [7, 11) is 0. The van der Waals surface area contributed by atoms with Crippen molar-refractivity contribution >= 4 is 50.7 Å². The largest absolute Gasteiger partial charge is 0.482 e. The van der Waals surface area contributed by atoms with Crippen molar-refractivity contribution in [1.82, 2.24) is 4.57 Å². The minimum absolute atomic E-state index is 0.0526. The van der Waals surface area contributed by atoms with Crippen LogP contribution < -0.4 is 15.6 Å². The van der Waals surface area contributed by atoms with E-state index in [2.05, 4.69) is 5.32 Å². The van der Waals surface area contributed by atoms with E-state index in [0.717, 1.165) is 11.1 Å². The number of aromatic nitrogens is 1. The number of hydrogen-bond donors (Lipinski definition) is 1. The van der Waals surface area contributed by atoms with Gasteiger partial charge in [-0.1, -0.05) is 48.0 Å². The average molecular weight is 511 g/mol. The lowest BCUT2D eigenvalue weighted by Gasteiger charge is -2.16. The minimum atomic E-state index is -0.602. The molecule has 4 aromatic rings. The molecule has 2 aromatic carbocycles. The number of esters is 1. The molecule has 35 heavy (non-hydrogen) atoms. The Balaban J connectivity index is 1.80. The predicted molar refractivity (Wildman–Crippen MR) is 138 cm³/mol. The zero-order chi connectivity index (χ0) is 24.9. The van der Waals surface area contributed by atoms with E-state index in [9.17, 15) is 14.4 Å². The van der Waals surface area contributed by atoms with Crippen LogP contribution in [0.5, 0.6) is 5.75 Å². The first-order valence-corrected chi connectivity index (χ1v) is 12.2. The Labute approximate surface area is 210 Å². The number of thiophene rings is 1. The summed E-state index contributed by atoms with van der Waals surface area (Å²) in [5.74, 6) is -0.885. The number of fused-ring (bicyclic) bond motifs is 1. The van der Waals surface area contributed by atoms with Crippen molar-refractivity contribution < 1.29 is 19.1 Å². The standard InChI is InChI=1S/C26H23ClN2O5S/c1-3-33-26(32)22-23(34-15-17-7-5-4-6-8-17)25(31)29(21-11-12-35-24(21)22)14-18-9-10-20(19(27)13-18)28-16(2)30/h4-13H,3,14-15H2,1-2H3,(H,28,30). The number of anilines is 1. The summed E-state index contributed by atoms with van der Waals surface area (Å²) in [4.78, 5) is 37.9. The molecule has 1 amide bonds. The average Bonchev–Trinajstić information content (AvgIpc) is 3.31. The van der Waals surface area contributed by atoms with Crippen LogP contribution in [0.3, 0.4) is 0 Å². The van der Waals surface area contributed by atoms with Crippen LogP contribution in [0.15, 0.2) is 64.8 Å². The normalized spacial score (nSPS) is 10.8. The highest BCUT2D eigenvalue weighted by molar-refractivity contribution is 7.17. The van der Waals surface area contributed by atoms with E-state index in [1.54, 1.807) is 35.8 Å². The highest BCUT2D eigenvalue weighted by Gasteiger charge is 2.26. The lowest BCUT2D eigenvalue weighted by Crippen LogP contribution is -2.26. The van der Waals surface area contributed by atoms with Gasteiger partial charge in [-0.3, -0.25) is 14.2 Å². The van der Waals surface area contributed by atoms with E-state index in [4.69, 9.17) is 21.1 Å². The molecule has 0 aliphatic carbocycles. The molecule has 0 saturated heterocycles. The van der Waals surface area contributed by atoms with Gasteiger partial charge in [0.2, 0.25) is 11.7 Å². The Morgan fingerprint density at radius 3 is 2.54 bits per heavy atom. The van der Waals surface area contributed by atoms with Crippen molar-refractivity contribution in [2.75, 3.05) is 11.9 Å². The van der Waals surface area contributed by atoms with Crippen LogP contribution in [0, 0.1) is 0 Å². The van der Waals surface area contributed by atoms with Crippen LogP contribution in [-0.2, 0) is 22.7 Å². The first-order chi connectivity index (χ1) is 16.9. The molecule has 0 aliphatic heterocycles. The number of amides is 1. The second-order valence-corrected chi connectivity index (χ2v) is 9.04. The molecule has 1 N–H and O–H groups in total. The Bertz CT molecular complexity index is 1450. The molecule has 2 aromatic heterocycles. The Morgan fingerprint density at radius 1 is 1.09 bits per heavy atom. The Morgan fingerprint density at radius 2 is 1.86 bits per heavy atom. The summed E-state index contributed by atoms with van der Waals surface area (Å²) in [6, 6.07) is 16.4. The number of carbonyl (C=O) groups excluding carboxylic acids is 2. The molecule has 9 heteroatoms. The Kier molecular flexibility index (Phi) is 7.53. The zero-order valence-corrected chi connectivity index (χ0v) is 20.7. The molecule has 0 aliphatic rings. The molecule has 0 saturated carbocycles. The van der Waals surface area contributed by atoms with Crippen molar-refractivity contribution in [3.05, 3.63) is 92.0 Å². The highest BCUT2D eigenvalue weighted by atomic mass is 35.5. The lowest BCUT2D eigenvalue weighted by molar-refractivity contribution is -0.114. The fourth-order valence-corrected chi connectivity index (χ4v) is 4.86. The van der Waals surface area contributed by atoms with Crippen molar-refractivity contribution in [3.8, 4) is 5.75 Å². The van der Waals surface area contributed by atoms with Gasteiger partial charge in [0.05, 0.1) is 34.1 Å². The van der Waals surface area contributed by atoms with Gasteiger partial charge < -0.3 is 14.8 Å². The summed E-state index contributed by atoms with van der Waals surface area (Å²) >= 11 is 7.68. The van der Waals surface area contributed by atoms with Gasteiger partial charge >= 0.3 is 5.97 Å². The lowest BCUT2D eigenvalue weighted by atomic mass is 10.1. The molecule has 0 atom stereocenters. The highest BCUT2D eigenvalue weighted by Crippen LogP contribution is 2.32. The molecule has 0 spiro atoms. The molecule has 0 fully saturated rings. The first-order valence-electron chi connectivity index (χ1n) is 10.9. The fourth-order valence-electron chi connectivity index (χ4n) is 3.68. The Hall–Kier alpha value is -3.62. The van der Waals surface area contributed by atoms with E-state index >= 15 is 0 Å².